The molecule has 0 saturated carbocycles. The van der Waals surface area contributed by atoms with E-state index in [-0.39, 0.29) is 28.8 Å². The van der Waals surface area contributed by atoms with Crippen LogP contribution in [0.15, 0.2) is 65.6 Å². The highest BCUT2D eigenvalue weighted by Crippen LogP contribution is 2.32. The number of benzene rings is 3. The van der Waals surface area contributed by atoms with Crippen LogP contribution in [0.4, 0.5) is 5.69 Å². The number of carbonyl (C=O) groups excluding carboxylic acids is 1. The monoisotopic (exact) mass is 458 g/mol. The van der Waals surface area contributed by atoms with Gasteiger partial charge < -0.3 is 14.8 Å². The normalized spacial score (nSPS) is 12.5. The SMILES string of the molecule is Cc1ccc(NS(=O)(=O)c2cc(C(=O)NCc3ccc4c(c3)OCO4)ccc2Cl)cc1. The van der Waals surface area contributed by atoms with E-state index in [1.807, 2.05) is 13.0 Å². The molecule has 7 nitrogen and oxygen atoms in total. The van der Waals surface area contributed by atoms with Crippen LogP contribution in [-0.2, 0) is 16.6 Å². The summed E-state index contributed by atoms with van der Waals surface area (Å²) in [6.45, 7) is 2.31. The minimum absolute atomic E-state index is 0.0203. The van der Waals surface area contributed by atoms with Crippen LogP contribution in [0.1, 0.15) is 21.5 Å². The number of fused-ring (bicyclic) bond motifs is 1. The zero-order valence-corrected chi connectivity index (χ0v) is 18.1. The van der Waals surface area contributed by atoms with Gasteiger partial charge in [-0.2, -0.15) is 0 Å². The first kappa shape index (κ1) is 21.0. The summed E-state index contributed by atoms with van der Waals surface area (Å²) in [6, 6.07) is 16.4. The second-order valence-electron chi connectivity index (χ2n) is 6.99. The molecule has 0 fully saturated rings. The van der Waals surface area contributed by atoms with Gasteiger partial charge in [0.2, 0.25) is 6.79 Å². The number of carbonyl (C=O) groups is 1. The Kier molecular flexibility index (Phi) is 5.75. The molecule has 9 heteroatoms. The fourth-order valence-corrected chi connectivity index (χ4v) is 4.60. The molecule has 0 unspecified atom stereocenters. The van der Waals surface area contributed by atoms with Gasteiger partial charge in [-0.25, -0.2) is 8.42 Å². The Labute approximate surface area is 185 Å². The summed E-state index contributed by atoms with van der Waals surface area (Å²) in [5.41, 5.74) is 2.40. The maximum atomic E-state index is 12.8. The van der Waals surface area contributed by atoms with Crippen molar-refractivity contribution in [2.24, 2.45) is 0 Å². The molecule has 1 aliphatic heterocycles. The first-order valence-corrected chi connectivity index (χ1v) is 11.2. The summed E-state index contributed by atoms with van der Waals surface area (Å²) in [6.07, 6.45) is 0. The summed E-state index contributed by atoms with van der Waals surface area (Å²) < 4.78 is 38.7. The molecule has 0 spiro atoms. The van der Waals surface area contributed by atoms with Gasteiger partial charge >= 0.3 is 0 Å². The van der Waals surface area contributed by atoms with Crippen molar-refractivity contribution in [3.8, 4) is 11.5 Å². The first-order valence-electron chi connectivity index (χ1n) is 9.37. The van der Waals surface area contributed by atoms with Crippen LogP contribution < -0.4 is 19.5 Å². The van der Waals surface area contributed by atoms with E-state index in [1.54, 1.807) is 36.4 Å². The molecule has 3 aromatic carbocycles. The van der Waals surface area contributed by atoms with Gasteiger partial charge in [0.15, 0.2) is 11.5 Å². The lowest BCUT2D eigenvalue weighted by Gasteiger charge is -2.12. The third-order valence-corrected chi connectivity index (χ3v) is 6.54. The van der Waals surface area contributed by atoms with Gasteiger partial charge in [-0.15, -0.1) is 0 Å². The quantitative estimate of drug-likeness (QED) is 0.579. The number of rotatable bonds is 6. The number of nitrogens with one attached hydrogen (secondary N) is 2. The maximum Gasteiger partial charge on any atom is 0.263 e. The number of hydrogen-bond acceptors (Lipinski definition) is 5. The van der Waals surface area contributed by atoms with Gasteiger partial charge in [-0.3, -0.25) is 9.52 Å². The van der Waals surface area contributed by atoms with Gasteiger partial charge in [0.05, 0.1) is 5.02 Å². The minimum atomic E-state index is -3.98. The molecule has 0 radical (unpaired) electrons. The van der Waals surface area contributed by atoms with Gasteiger partial charge in [-0.05, 0) is 55.0 Å². The molecule has 1 aliphatic rings. The molecular weight excluding hydrogens is 440 g/mol. The maximum absolute atomic E-state index is 12.8. The van der Waals surface area contributed by atoms with Crippen molar-refractivity contribution in [3.05, 3.63) is 82.4 Å². The van der Waals surface area contributed by atoms with Crippen LogP contribution in [-0.4, -0.2) is 21.1 Å². The highest BCUT2D eigenvalue weighted by Gasteiger charge is 2.21. The molecule has 0 aromatic heterocycles. The molecule has 0 bridgehead atoms. The molecular formula is C22H19ClN2O5S. The van der Waals surface area contributed by atoms with Crippen molar-refractivity contribution in [1.29, 1.82) is 0 Å². The number of hydrogen-bond donors (Lipinski definition) is 2. The minimum Gasteiger partial charge on any atom is -0.454 e. The molecule has 1 heterocycles. The molecule has 1 amide bonds. The summed E-state index contributed by atoms with van der Waals surface area (Å²) in [5, 5.41) is 2.79. The summed E-state index contributed by atoms with van der Waals surface area (Å²) in [5.74, 6) is 0.846. The molecule has 3 aromatic rings. The molecule has 160 valence electrons. The van der Waals surface area contributed by atoms with Crippen molar-refractivity contribution in [1.82, 2.24) is 5.32 Å². The molecule has 0 atom stereocenters. The lowest BCUT2D eigenvalue weighted by Crippen LogP contribution is -2.23. The van der Waals surface area contributed by atoms with Gasteiger partial charge in [0.25, 0.3) is 15.9 Å². The fourth-order valence-electron chi connectivity index (χ4n) is 3.02. The highest BCUT2D eigenvalue weighted by molar-refractivity contribution is 7.92. The van der Waals surface area contributed by atoms with Crippen LogP contribution in [0.3, 0.4) is 0 Å². The van der Waals surface area contributed by atoms with Crippen LogP contribution in [0.2, 0.25) is 5.02 Å². The van der Waals surface area contributed by atoms with E-state index < -0.39 is 15.9 Å². The average molecular weight is 459 g/mol. The Morgan fingerprint density at radius 3 is 2.52 bits per heavy atom. The van der Waals surface area contributed by atoms with E-state index >= 15 is 0 Å². The number of sulfonamides is 1. The Hall–Kier alpha value is -3.23. The molecule has 31 heavy (non-hydrogen) atoms. The van der Waals surface area contributed by atoms with Crippen LogP contribution in [0.25, 0.3) is 0 Å². The van der Waals surface area contributed by atoms with Crippen molar-refractivity contribution >= 4 is 33.2 Å². The Balaban J connectivity index is 1.49. The lowest BCUT2D eigenvalue weighted by molar-refractivity contribution is 0.0950. The average Bonchev–Trinajstić information content (AvgIpc) is 3.21. The molecule has 0 aliphatic carbocycles. The molecule has 0 saturated heterocycles. The Morgan fingerprint density at radius 2 is 1.74 bits per heavy atom. The lowest BCUT2D eigenvalue weighted by atomic mass is 10.1. The predicted molar refractivity (Wildman–Crippen MR) is 117 cm³/mol. The summed E-state index contributed by atoms with van der Waals surface area (Å²) in [4.78, 5) is 12.4. The number of halogens is 1. The summed E-state index contributed by atoms with van der Waals surface area (Å²) in [7, 11) is -3.98. The summed E-state index contributed by atoms with van der Waals surface area (Å²) >= 11 is 6.13. The molecule has 2 N–H and O–H groups in total. The topological polar surface area (TPSA) is 93.7 Å². The van der Waals surface area contributed by atoms with Crippen molar-refractivity contribution < 1.29 is 22.7 Å². The second kappa shape index (κ2) is 8.49. The zero-order chi connectivity index (χ0) is 22.0. The fraction of sp³-hybridized carbons (Fsp3) is 0.136. The van der Waals surface area contributed by atoms with Gasteiger partial charge in [0.1, 0.15) is 4.90 Å². The van der Waals surface area contributed by atoms with Crippen LogP contribution in [0, 0.1) is 6.92 Å². The van der Waals surface area contributed by atoms with E-state index in [1.165, 1.54) is 18.2 Å². The van der Waals surface area contributed by atoms with Gasteiger partial charge in [0, 0.05) is 17.8 Å². The largest absolute Gasteiger partial charge is 0.454 e. The first-order chi connectivity index (χ1) is 14.8. The van der Waals surface area contributed by atoms with E-state index in [9.17, 15) is 13.2 Å². The Morgan fingerprint density at radius 1 is 1.00 bits per heavy atom. The smallest absolute Gasteiger partial charge is 0.263 e. The van der Waals surface area contributed by atoms with Crippen molar-refractivity contribution in [2.75, 3.05) is 11.5 Å². The van der Waals surface area contributed by atoms with Crippen molar-refractivity contribution in [3.63, 3.8) is 0 Å². The van der Waals surface area contributed by atoms with E-state index in [4.69, 9.17) is 21.1 Å². The third kappa shape index (κ3) is 4.76. The Bertz CT molecular complexity index is 1240. The molecule has 4 rings (SSSR count). The standard InChI is InChI=1S/C22H19ClN2O5S/c1-14-2-6-17(7-3-14)25-31(27,28)21-11-16(5-8-18(21)23)22(26)24-12-15-4-9-19-20(10-15)30-13-29-19/h2-11,25H,12-13H2,1H3,(H,24,26). The number of aryl methyl sites for hydroxylation is 1. The van der Waals surface area contributed by atoms with E-state index in [0.29, 0.717) is 17.2 Å². The third-order valence-electron chi connectivity index (χ3n) is 4.68. The van der Waals surface area contributed by atoms with Gasteiger partial charge in [-0.1, -0.05) is 35.4 Å². The van der Waals surface area contributed by atoms with Crippen LogP contribution in [0.5, 0.6) is 11.5 Å². The highest BCUT2D eigenvalue weighted by atomic mass is 35.5. The zero-order valence-electron chi connectivity index (χ0n) is 16.5. The second-order valence-corrected chi connectivity index (χ2v) is 9.05. The van der Waals surface area contributed by atoms with Crippen molar-refractivity contribution in [2.45, 2.75) is 18.4 Å². The number of ether oxygens (including phenoxy) is 2. The van der Waals surface area contributed by atoms with Crippen LogP contribution >= 0.6 is 11.6 Å². The predicted octanol–water partition coefficient (Wildman–Crippen LogP) is 4.11. The number of anilines is 1. The van der Waals surface area contributed by atoms with E-state index in [0.717, 1.165) is 11.1 Å². The number of amides is 1. The van der Waals surface area contributed by atoms with E-state index in [2.05, 4.69) is 10.0 Å².